The van der Waals surface area contributed by atoms with Crippen molar-refractivity contribution in [2.75, 3.05) is 0 Å². The van der Waals surface area contributed by atoms with Crippen LogP contribution in [0.15, 0.2) is 59.5 Å². The van der Waals surface area contributed by atoms with Crippen molar-refractivity contribution in [3.63, 3.8) is 0 Å². The quantitative estimate of drug-likeness (QED) is 0.622. The van der Waals surface area contributed by atoms with E-state index in [1.165, 1.54) is 6.92 Å². The van der Waals surface area contributed by atoms with Gasteiger partial charge >= 0.3 is 5.97 Å². The Morgan fingerprint density at radius 2 is 1.68 bits per heavy atom. The van der Waals surface area contributed by atoms with Gasteiger partial charge in [0.1, 0.15) is 0 Å². The molecule has 22 heavy (non-hydrogen) atoms. The Labute approximate surface area is 134 Å². The molecule has 0 aromatic heterocycles. The van der Waals surface area contributed by atoms with E-state index in [0.717, 1.165) is 27.8 Å². The number of benzene rings is 2. The van der Waals surface area contributed by atoms with Gasteiger partial charge in [0.25, 0.3) is 0 Å². The molecule has 0 aliphatic carbocycles. The van der Waals surface area contributed by atoms with Crippen LogP contribution < -0.4 is 0 Å². The largest absolute Gasteiger partial charge is 0.453 e. The van der Waals surface area contributed by atoms with Gasteiger partial charge < -0.3 is 4.74 Å². The lowest BCUT2D eigenvalue weighted by Gasteiger charge is -2.15. The van der Waals surface area contributed by atoms with E-state index in [0.29, 0.717) is 6.42 Å². The van der Waals surface area contributed by atoms with E-state index in [-0.39, 0.29) is 5.12 Å². The summed E-state index contributed by atoms with van der Waals surface area (Å²) in [5, 5.41) is -0.165. The Morgan fingerprint density at radius 1 is 1.05 bits per heavy atom. The zero-order valence-corrected chi connectivity index (χ0v) is 13.4. The summed E-state index contributed by atoms with van der Waals surface area (Å²) in [6.45, 7) is 3.33. The average Bonchev–Trinajstić information content (AvgIpc) is 2.49. The molecule has 0 aliphatic heterocycles. The van der Waals surface area contributed by atoms with Crippen LogP contribution in [0.3, 0.4) is 0 Å². The fourth-order valence-corrected chi connectivity index (χ4v) is 2.77. The van der Waals surface area contributed by atoms with Gasteiger partial charge in [-0.2, -0.15) is 0 Å². The van der Waals surface area contributed by atoms with Crippen LogP contribution in [0.2, 0.25) is 0 Å². The summed E-state index contributed by atoms with van der Waals surface area (Å²) >= 11 is 1.10. The molecule has 2 aromatic carbocycles. The summed E-state index contributed by atoms with van der Waals surface area (Å²) in [5.74, 6) is -0.445. The second kappa shape index (κ2) is 7.80. The van der Waals surface area contributed by atoms with Crippen molar-refractivity contribution < 1.29 is 14.3 Å². The summed E-state index contributed by atoms with van der Waals surface area (Å²) in [6, 6.07) is 17.2. The van der Waals surface area contributed by atoms with Crippen LogP contribution in [0.25, 0.3) is 0 Å². The van der Waals surface area contributed by atoms with Gasteiger partial charge in [0.05, 0.1) is 0 Å². The maximum absolute atomic E-state index is 12.4. The van der Waals surface area contributed by atoms with Gasteiger partial charge in [-0.15, -0.1) is 0 Å². The number of esters is 1. The fraction of sp³-hybridized carbons (Fsp3) is 0.222. The monoisotopic (exact) mass is 314 g/mol. The number of carbonyl (C=O) groups excluding carboxylic acids is 2. The summed E-state index contributed by atoms with van der Waals surface area (Å²) in [6.07, 6.45) is -0.385. The molecule has 0 bridgehead atoms. The molecule has 0 fully saturated rings. The molecule has 0 N–H and O–H groups in total. The molecule has 0 aliphatic rings. The Hall–Kier alpha value is -2.07. The zero-order valence-electron chi connectivity index (χ0n) is 12.6. The van der Waals surface area contributed by atoms with E-state index in [4.69, 9.17) is 4.74 Å². The van der Waals surface area contributed by atoms with Crippen LogP contribution in [0.1, 0.15) is 18.1 Å². The summed E-state index contributed by atoms with van der Waals surface area (Å²) in [4.78, 5) is 24.5. The topological polar surface area (TPSA) is 43.4 Å². The Bertz CT molecular complexity index is 635. The zero-order chi connectivity index (χ0) is 15.9. The van der Waals surface area contributed by atoms with Gasteiger partial charge in [-0.1, -0.05) is 48.0 Å². The van der Waals surface area contributed by atoms with Crippen LogP contribution in [0.4, 0.5) is 0 Å². The lowest BCUT2D eigenvalue weighted by atomic mass is 10.1. The highest BCUT2D eigenvalue weighted by Gasteiger charge is 2.23. The first kappa shape index (κ1) is 16.3. The Kier molecular flexibility index (Phi) is 5.78. The lowest BCUT2D eigenvalue weighted by molar-refractivity contribution is -0.150. The lowest BCUT2D eigenvalue weighted by Crippen LogP contribution is -2.26. The molecule has 0 spiro atoms. The van der Waals surface area contributed by atoms with Crippen LogP contribution in [-0.2, 0) is 20.7 Å². The predicted octanol–water partition coefficient (Wildman–Crippen LogP) is 3.79. The number of hydrogen-bond acceptors (Lipinski definition) is 4. The molecule has 0 amide bonds. The van der Waals surface area contributed by atoms with E-state index in [1.54, 1.807) is 0 Å². The maximum Gasteiger partial charge on any atom is 0.303 e. The van der Waals surface area contributed by atoms with Gasteiger partial charge in [0, 0.05) is 18.2 Å². The standard InChI is InChI=1S/C18H18O3S/c1-13-8-10-15(11-9-13)12-17(21-14(2)19)18(20)22-16-6-4-3-5-7-16/h3-11,17H,12H2,1-2H3. The number of ether oxygens (including phenoxy) is 1. The highest BCUT2D eigenvalue weighted by atomic mass is 32.2. The third-order valence-corrected chi connectivity index (χ3v) is 4.05. The van der Waals surface area contributed by atoms with Gasteiger partial charge in [0.15, 0.2) is 6.10 Å². The summed E-state index contributed by atoms with van der Waals surface area (Å²) in [7, 11) is 0. The molecular weight excluding hydrogens is 296 g/mol. The molecular formula is C18H18O3S. The number of thioether (sulfide) groups is 1. The van der Waals surface area contributed by atoms with Crippen molar-refractivity contribution in [2.24, 2.45) is 0 Å². The van der Waals surface area contributed by atoms with Crippen molar-refractivity contribution in [3.8, 4) is 0 Å². The molecule has 114 valence electrons. The van der Waals surface area contributed by atoms with Crippen LogP contribution >= 0.6 is 11.8 Å². The molecule has 0 saturated heterocycles. The minimum Gasteiger partial charge on any atom is -0.453 e. The van der Waals surface area contributed by atoms with E-state index in [2.05, 4.69) is 0 Å². The number of aryl methyl sites for hydroxylation is 1. The number of rotatable bonds is 5. The van der Waals surface area contributed by atoms with E-state index in [1.807, 2.05) is 61.5 Å². The highest BCUT2D eigenvalue weighted by molar-refractivity contribution is 8.13. The summed E-state index contributed by atoms with van der Waals surface area (Å²) in [5.41, 5.74) is 2.12. The normalized spacial score (nSPS) is 11.7. The second-order valence-corrected chi connectivity index (χ2v) is 6.10. The minimum atomic E-state index is -0.773. The molecule has 4 heteroatoms. The molecule has 0 saturated carbocycles. The first-order valence-electron chi connectivity index (χ1n) is 7.04. The maximum atomic E-state index is 12.4. The van der Waals surface area contributed by atoms with Crippen LogP contribution in [0.5, 0.6) is 0 Å². The predicted molar refractivity (Wildman–Crippen MR) is 87.7 cm³/mol. The Morgan fingerprint density at radius 3 is 2.27 bits per heavy atom. The number of hydrogen-bond donors (Lipinski definition) is 0. The molecule has 2 rings (SSSR count). The van der Waals surface area contributed by atoms with Gasteiger partial charge in [-0.25, -0.2) is 0 Å². The van der Waals surface area contributed by atoms with Crippen LogP contribution in [0, 0.1) is 6.92 Å². The van der Waals surface area contributed by atoms with Crippen LogP contribution in [-0.4, -0.2) is 17.2 Å². The third-order valence-electron chi connectivity index (χ3n) is 3.07. The van der Waals surface area contributed by atoms with Crippen molar-refractivity contribution in [2.45, 2.75) is 31.3 Å². The molecule has 0 heterocycles. The van der Waals surface area contributed by atoms with E-state index < -0.39 is 12.1 Å². The van der Waals surface area contributed by atoms with Crippen molar-refractivity contribution in [1.82, 2.24) is 0 Å². The smallest absolute Gasteiger partial charge is 0.303 e. The molecule has 0 radical (unpaired) electrons. The van der Waals surface area contributed by atoms with Crippen molar-refractivity contribution in [1.29, 1.82) is 0 Å². The second-order valence-electron chi connectivity index (χ2n) is 5.02. The first-order chi connectivity index (χ1) is 10.5. The van der Waals surface area contributed by atoms with Crippen molar-refractivity contribution in [3.05, 3.63) is 65.7 Å². The number of carbonyl (C=O) groups is 2. The molecule has 3 nitrogen and oxygen atoms in total. The minimum absolute atomic E-state index is 0.165. The van der Waals surface area contributed by atoms with E-state index >= 15 is 0 Å². The SMILES string of the molecule is CC(=O)OC(Cc1ccc(C)cc1)C(=O)Sc1ccccc1. The summed E-state index contributed by atoms with van der Waals surface area (Å²) < 4.78 is 5.21. The first-order valence-corrected chi connectivity index (χ1v) is 7.86. The molecule has 1 atom stereocenters. The molecule has 2 aromatic rings. The van der Waals surface area contributed by atoms with Gasteiger partial charge in [-0.05, 0) is 36.4 Å². The van der Waals surface area contributed by atoms with E-state index in [9.17, 15) is 9.59 Å². The van der Waals surface area contributed by atoms with Gasteiger partial charge in [0.2, 0.25) is 5.12 Å². The average molecular weight is 314 g/mol. The fourth-order valence-electron chi connectivity index (χ4n) is 1.98. The molecule has 1 unspecified atom stereocenters. The Balaban J connectivity index is 2.09. The highest BCUT2D eigenvalue weighted by Crippen LogP contribution is 2.22. The van der Waals surface area contributed by atoms with Crippen molar-refractivity contribution >= 4 is 22.8 Å². The third kappa shape index (κ3) is 5.04. The van der Waals surface area contributed by atoms with Gasteiger partial charge in [-0.3, -0.25) is 9.59 Å².